The van der Waals surface area contributed by atoms with E-state index >= 15 is 0 Å². The first-order valence-corrected chi connectivity index (χ1v) is 4.89. The number of benzene rings is 1. The van der Waals surface area contributed by atoms with Crippen molar-refractivity contribution >= 4 is 11.6 Å². The van der Waals surface area contributed by atoms with Crippen molar-refractivity contribution in [2.45, 2.75) is 12.8 Å². The number of hydrogen-bond donors (Lipinski definition) is 1. The zero-order chi connectivity index (χ0) is 11.5. The molecule has 0 spiro atoms. The summed E-state index contributed by atoms with van der Waals surface area (Å²) in [4.78, 5) is 0. The van der Waals surface area contributed by atoms with Crippen molar-refractivity contribution in [2.75, 3.05) is 13.1 Å². The molecule has 0 unspecified atom stereocenters. The van der Waals surface area contributed by atoms with Crippen LogP contribution in [0.4, 0.5) is 13.2 Å². The molecule has 0 aromatic heterocycles. The molecule has 15 heavy (non-hydrogen) atoms. The second kappa shape index (κ2) is 4.86. The van der Waals surface area contributed by atoms with Crippen molar-refractivity contribution in [1.82, 2.24) is 5.32 Å². The van der Waals surface area contributed by atoms with E-state index in [1.807, 2.05) is 0 Å². The molecule has 1 rings (SSSR count). The van der Waals surface area contributed by atoms with Crippen LogP contribution in [-0.4, -0.2) is 13.1 Å². The van der Waals surface area contributed by atoms with Gasteiger partial charge in [-0.3, -0.25) is 0 Å². The van der Waals surface area contributed by atoms with E-state index in [9.17, 15) is 13.2 Å². The first-order chi connectivity index (χ1) is 6.97. The maximum atomic E-state index is 13.5. The lowest BCUT2D eigenvalue weighted by molar-refractivity contribution is -0.00254. The van der Waals surface area contributed by atoms with E-state index in [2.05, 4.69) is 5.32 Å². The minimum absolute atomic E-state index is 0.252. The summed E-state index contributed by atoms with van der Waals surface area (Å²) in [6, 6.07) is 2.87. The minimum atomic E-state index is -3.08. The highest BCUT2D eigenvalue weighted by molar-refractivity contribution is 6.31. The van der Waals surface area contributed by atoms with Gasteiger partial charge in [-0.15, -0.1) is 0 Å². The first-order valence-electron chi connectivity index (χ1n) is 4.51. The summed E-state index contributed by atoms with van der Waals surface area (Å²) in [5.41, 5.74) is -0.355. The fourth-order valence-electron chi connectivity index (χ4n) is 1.16. The maximum Gasteiger partial charge on any atom is 0.286 e. The Labute approximate surface area is 91.2 Å². The summed E-state index contributed by atoms with van der Waals surface area (Å²) >= 11 is 5.55. The van der Waals surface area contributed by atoms with Crippen molar-refractivity contribution in [3.8, 4) is 0 Å². The Morgan fingerprint density at radius 2 is 2.07 bits per heavy atom. The highest BCUT2D eigenvalue weighted by atomic mass is 35.5. The second-order valence-electron chi connectivity index (χ2n) is 3.11. The number of halogens is 4. The van der Waals surface area contributed by atoms with Gasteiger partial charge in [-0.1, -0.05) is 18.5 Å². The predicted molar refractivity (Wildman–Crippen MR) is 53.8 cm³/mol. The molecule has 0 aliphatic rings. The van der Waals surface area contributed by atoms with Gasteiger partial charge in [0.2, 0.25) is 0 Å². The van der Waals surface area contributed by atoms with Gasteiger partial charge in [0.25, 0.3) is 5.92 Å². The molecule has 1 aromatic carbocycles. The van der Waals surface area contributed by atoms with Crippen LogP contribution in [0.2, 0.25) is 5.02 Å². The van der Waals surface area contributed by atoms with E-state index in [0.29, 0.717) is 6.54 Å². The van der Waals surface area contributed by atoms with E-state index in [0.717, 1.165) is 18.2 Å². The molecule has 1 nitrogen and oxygen atoms in total. The Bertz CT molecular complexity index is 341. The molecule has 0 aliphatic heterocycles. The smallest absolute Gasteiger partial charge is 0.286 e. The van der Waals surface area contributed by atoms with E-state index in [-0.39, 0.29) is 10.6 Å². The summed E-state index contributed by atoms with van der Waals surface area (Å²) in [5.74, 6) is -3.70. The molecule has 0 aliphatic carbocycles. The average molecular weight is 238 g/mol. The Morgan fingerprint density at radius 1 is 1.40 bits per heavy atom. The van der Waals surface area contributed by atoms with Crippen molar-refractivity contribution in [1.29, 1.82) is 0 Å². The van der Waals surface area contributed by atoms with Gasteiger partial charge >= 0.3 is 0 Å². The van der Waals surface area contributed by atoms with Gasteiger partial charge in [0, 0.05) is 5.56 Å². The van der Waals surface area contributed by atoms with E-state index in [1.54, 1.807) is 6.92 Å². The summed E-state index contributed by atoms with van der Waals surface area (Å²) in [6.07, 6.45) is 0. The molecular formula is C10H11ClF3N. The SMILES string of the molecule is CCNCC(F)(F)c1ccc(F)cc1Cl. The first kappa shape index (κ1) is 12.3. The summed E-state index contributed by atoms with van der Waals surface area (Å²) in [6.45, 7) is 1.66. The lowest BCUT2D eigenvalue weighted by Crippen LogP contribution is -2.30. The fraction of sp³-hybridized carbons (Fsp3) is 0.400. The van der Waals surface area contributed by atoms with Crippen LogP contribution in [0.5, 0.6) is 0 Å². The molecule has 0 saturated carbocycles. The average Bonchev–Trinajstić information content (AvgIpc) is 2.14. The third-order valence-corrected chi connectivity index (χ3v) is 2.23. The Morgan fingerprint density at radius 3 is 2.60 bits per heavy atom. The minimum Gasteiger partial charge on any atom is -0.311 e. The van der Waals surface area contributed by atoms with Crippen LogP contribution >= 0.6 is 11.6 Å². The van der Waals surface area contributed by atoms with Crippen LogP contribution in [-0.2, 0) is 5.92 Å². The van der Waals surface area contributed by atoms with Gasteiger partial charge in [0.1, 0.15) is 5.82 Å². The summed E-state index contributed by atoms with van der Waals surface area (Å²) < 4.78 is 39.6. The largest absolute Gasteiger partial charge is 0.311 e. The monoisotopic (exact) mass is 237 g/mol. The molecule has 5 heteroatoms. The third kappa shape index (κ3) is 3.11. The Kier molecular flexibility index (Phi) is 3.99. The molecule has 0 fully saturated rings. The number of alkyl halides is 2. The van der Waals surface area contributed by atoms with Crippen LogP contribution in [0.3, 0.4) is 0 Å². The molecular weight excluding hydrogens is 227 g/mol. The van der Waals surface area contributed by atoms with Gasteiger partial charge in [-0.05, 0) is 24.7 Å². The quantitative estimate of drug-likeness (QED) is 0.848. The molecule has 0 radical (unpaired) electrons. The lowest BCUT2D eigenvalue weighted by Gasteiger charge is -2.18. The van der Waals surface area contributed by atoms with E-state index in [1.165, 1.54) is 0 Å². The van der Waals surface area contributed by atoms with Crippen LogP contribution < -0.4 is 5.32 Å². The van der Waals surface area contributed by atoms with Crippen LogP contribution in [0.25, 0.3) is 0 Å². The molecule has 84 valence electrons. The highest BCUT2D eigenvalue weighted by Gasteiger charge is 2.33. The van der Waals surface area contributed by atoms with Crippen molar-refractivity contribution in [3.05, 3.63) is 34.6 Å². The van der Waals surface area contributed by atoms with Crippen LogP contribution in [0.1, 0.15) is 12.5 Å². The molecule has 0 amide bonds. The van der Waals surface area contributed by atoms with Crippen LogP contribution in [0.15, 0.2) is 18.2 Å². The predicted octanol–water partition coefficient (Wildman–Crippen LogP) is 3.18. The molecule has 1 N–H and O–H groups in total. The summed E-state index contributed by atoms with van der Waals surface area (Å²) in [7, 11) is 0. The zero-order valence-corrected chi connectivity index (χ0v) is 8.91. The highest BCUT2D eigenvalue weighted by Crippen LogP contribution is 2.33. The van der Waals surface area contributed by atoms with E-state index in [4.69, 9.17) is 11.6 Å². The normalized spacial score (nSPS) is 11.8. The standard InChI is InChI=1S/C10H11ClF3N/c1-2-15-6-10(13,14)8-4-3-7(12)5-9(8)11/h3-5,15H,2,6H2,1H3. The van der Waals surface area contributed by atoms with Gasteiger partial charge in [-0.2, -0.15) is 8.78 Å². The topological polar surface area (TPSA) is 12.0 Å². The van der Waals surface area contributed by atoms with Gasteiger partial charge in [0.15, 0.2) is 0 Å². The fourth-order valence-corrected chi connectivity index (χ4v) is 1.47. The molecule has 0 bridgehead atoms. The second-order valence-corrected chi connectivity index (χ2v) is 3.52. The zero-order valence-electron chi connectivity index (χ0n) is 8.16. The molecule has 0 atom stereocenters. The Balaban J connectivity index is 2.93. The maximum absolute atomic E-state index is 13.5. The molecule has 0 saturated heterocycles. The van der Waals surface area contributed by atoms with Crippen LogP contribution in [0, 0.1) is 5.82 Å². The Hall–Kier alpha value is -0.740. The van der Waals surface area contributed by atoms with Crippen molar-refractivity contribution < 1.29 is 13.2 Å². The number of nitrogens with one attached hydrogen (secondary N) is 1. The third-order valence-electron chi connectivity index (χ3n) is 1.92. The lowest BCUT2D eigenvalue weighted by atomic mass is 10.1. The van der Waals surface area contributed by atoms with Gasteiger partial charge in [-0.25, -0.2) is 4.39 Å². The number of hydrogen-bond acceptors (Lipinski definition) is 1. The van der Waals surface area contributed by atoms with E-state index < -0.39 is 18.3 Å². The summed E-state index contributed by atoms with van der Waals surface area (Å²) in [5, 5.41) is 2.27. The van der Waals surface area contributed by atoms with Crippen molar-refractivity contribution in [3.63, 3.8) is 0 Å². The number of likely N-dealkylation sites (N-methyl/N-ethyl adjacent to an activating group) is 1. The molecule has 1 aromatic rings. The van der Waals surface area contributed by atoms with Gasteiger partial charge in [0.05, 0.1) is 11.6 Å². The molecule has 0 heterocycles. The number of rotatable bonds is 4. The van der Waals surface area contributed by atoms with Crippen molar-refractivity contribution in [2.24, 2.45) is 0 Å². The van der Waals surface area contributed by atoms with Gasteiger partial charge < -0.3 is 5.32 Å².